The molecule has 0 saturated carbocycles. The van der Waals surface area contributed by atoms with Crippen molar-refractivity contribution < 1.29 is 17.9 Å². The SMILES string of the molecule is CCCCCCCOc1ccc(C(=O)N(Cc2cccc(Cl)c2)[C@H]2CCS(=O)(=O)C2)cc1. The molecule has 7 heteroatoms. The fraction of sp³-hybridized carbons (Fsp3) is 0.480. The third-order valence-electron chi connectivity index (χ3n) is 5.77. The van der Waals surface area contributed by atoms with Gasteiger partial charge < -0.3 is 9.64 Å². The molecular weight excluding hydrogens is 446 g/mol. The van der Waals surface area contributed by atoms with Gasteiger partial charge in [0, 0.05) is 23.2 Å². The molecule has 1 aliphatic heterocycles. The first-order valence-electron chi connectivity index (χ1n) is 11.4. The van der Waals surface area contributed by atoms with Gasteiger partial charge in [-0.3, -0.25) is 4.79 Å². The van der Waals surface area contributed by atoms with Crippen molar-refractivity contribution in [2.45, 2.75) is 58.0 Å². The minimum absolute atomic E-state index is 0.00146. The number of nitrogens with zero attached hydrogens (tertiary/aromatic N) is 1. The smallest absolute Gasteiger partial charge is 0.254 e. The summed E-state index contributed by atoms with van der Waals surface area (Å²) in [4.78, 5) is 15.0. The van der Waals surface area contributed by atoms with Crippen LogP contribution in [0.3, 0.4) is 0 Å². The Labute approximate surface area is 196 Å². The van der Waals surface area contributed by atoms with Crippen molar-refractivity contribution in [1.29, 1.82) is 0 Å². The molecule has 1 heterocycles. The Balaban J connectivity index is 1.67. The third kappa shape index (κ3) is 7.24. The Morgan fingerprint density at radius 3 is 2.50 bits per heavy atom. The molecule has 0 unspecified atom stereocenters. The lowest BCUT2D eigenvalue weighted by Crippen LogP contribution is -2.40. The van der Waals surface area contributed by atoms with Gasteiger partial charge in [0.25, 0.3) is 5.91 Å². The zero-order valence-electron chi connectivity index (χ0n) is 18.6. The summed E-state index contributed by atoms with van der Waals surface area (Å²) in [6.45, 7) is 3.18. The largest absolute Gasteiger partial charge is 0.494 e. The Kier molecular flexibility index (Phi) is 9.00. The van der Waals surface area contributed by atoms with Crippen LogP contribution in [0.2, 0.25) is 5.02 Å². The lowest BCUT2D eigenvalue weighted by molar-refractivity contribution is 0.0681. The molecule has 1 amide bonds. The van der Waals surface area contributed by atoms with Crippen molar-refractivity contribution in [3.8, 4) is 5.75 Å². The van der Waals surface area contributed by atoms with Crippen LogP contribution >= 0.6 is 11.6 Å². The summed E-state index contributed by atoms with van der Waals surface area (Å²) in [5, 5.41) is 0.588. The van der Waals surface area contributed by atoms with Gasteiger partial charge in [-0.25, -0.2) is 8.42 Å². The highest BCUT2D eigenvalue weighted by Gasteiger charge is 2.35. The van der Waals surface area contributed by atoms with E-state index in [4.69, 9.17) is 16.3 Å². The second-order valence-electron chi connectivity index (χ2n) is 8.41. The zero-order chi connectivity index (χ0) is 23.0. The molecule has 174 valence electrons. The molecule has 0 N–H and O–H groups in total. The molecule has 0 spiro atoms. The normalized spacial score (nSPS) is 17.2. The van der Waals surface area contributed by atoms with Crippen molar-refractivity contribution in [3.63, 3.8) is 0 Å². The van der Waals surface area contributed by atoms with Crippen LogP contribution < -0.4 is 4.74 Å². The Hall–Kier alpha value is -2.05. The molecule has 32 heavy (non-hydrogen) atoms. The fourth-order valence-electron chi connectivity index (χ4n) is 3.98. The first kappa shape index (κ1) is 24.6. The van der Waals surface area contributed by atoms with E-state index in [1.807, 2.05) is 30.3 Å². The van der Waals surface area contributed by atoms with Crippen molar-refractivity contribution in [2.24, 2.45) is 0 Å². The average molecular weight is 478 g/mol. The number of halogens is 1. The zero-order valence-corrected chi connectivity index (χ0v) is 20.2. The minimum atomic E-state index is -3.12. The molecular formula is C25H32ClNO4S. The van der Waals surface area contributed by atoms with Gasteiger partial charge in [0.2, 0.25) is 0 Å². The van der Waals surface area contributed by atoms with E-state index in [1.165, 1.54) is 19.3 Å². The van der Waals surface area contributed by atoms with E-state index in [-0.39, 0.29) is 23.5 Å². The number of sulfone groups is 1. The lowest BCUT2D eigenvalue weighted by Gasteiger charge is -2.28. The molecule has 0 radical (unpaired) electrons. The summed E-state index contributed by atoms with van der Waals surface area (Å²) in [7, 11) is -3.12. The van der Waals surface area contributed by atoms with E-state index in [2.05, 4.69) is 6.92 Å². The number of amides is 1. The van der Waals surface area contributed by atoms with E-state index in [1.54, 1.807) is 23.1 Å². The van der Waals surface area contributed by atoms with Crippen LogP contribution in [0.4, 0.5) is 0 Å². The molecule has 0 bridgehead atoms. The highest BCUT2D eigenvalue weighted by atomic mass is 35.5. The summed E-state index contributed by atoms with van der Waals surface area (Å²) in [6, 6.07) is 14.1. The number of carbonyl (C=O) groups excluding carboxylic acids is 1. The molecule has 3 rings (SSSR count). The van der Waals surface area contributed by atoms with E-state index < -0.39 is 9.84 Å². The predicted molar refractivity (Wildman–Crippen MR) is 129 cm³/mol. The third-order valence-corrected chi connectivity index (χ3v) is 7.76. The Bertz CT molecular complexity index is 991. The molecule has 1 aliphatic rings. The van der Waals surface area contributed by atoms with Gasteiger partial charge >= 0.3 is 0 Å². The summed E-state index contributed by atoms with van der Waals surface area (Å²) in [5.41, 5.74) is 1.39. The molecule has 1 saturated heterocycles. The predicted octanol–water partition coefficient (Wildman–Crippen LogP) is 5.52. The fourth-order valence-corrected chi connectivity index (χ4v) is 5.92. The maximum absolute atomic E-state index is 13.4. The first-order valence-corrected chi connectivity index (χ1v) is 13.6. The van der Waals surface area contributed by atoms with Crippen LogP contribution in [0.25, 0.3) is 0 Å². The van der Waals surface area contributed by atoms with Crippen molar-refractivity contribution in [1.82, 2.24) is 4.90 Å². The van der Waals surface area contributed by atoms with E-state index in [0.717, 1.165) is 24.2 Å². The second-order valence-corrected chi connectivity index (χ2v) is 11.1. The summed E-state index contributed by atoms with van der Waals surface area (Å²) < 4.78 is 29.9. The van der Waals surface area contributed by atoms with Crippen molar-refractivity contribution >= 4 is 27.3 Å². The standard InChI is InChI=1S/C25H32ClNO4S/c1-2-3-4-5-6-15-31-24-12-10-21(11-13-24)25(28)27(23-14-16-32(29,30)19-23)18-20-8-7-9-22(26)17-20/h7-13,17,23H,2-6,14-16,18-19H2,1H3/t23-/m0/s1. The topological polar surface area (TPSA) is 63.7 Å². The van der Waals surface area contributed by atoms with Gasteiger partial charge in [-0.15, -0.1) is 0 Å². The van der Waals surface area contributed by atoms with Crippen LogP contribution in [0.1, 0.15) is 61.4 Å². The van der Waals surface area contributed by atoms with Crippen LogP contribution in [0.5, 0.6) is 5.75 Å². The molecule has 1 fully saturated rings. The Morgan fingerprint density at radius 1 is 1.09 bits per heavy atom. The number of hydrogen-bond donors (Lipinski definition) is 0. The highest BCUT2D eigenvalue weighted by Crippen LogP contribution is 2.24. The minimum Gasteiger partial charge on any atom is -0.494 e. The van der Waals surface area contributed by atoms with Gasteiger partial charge in [0.15, 0.2) is 9.84 Å². The van der Waals surface area contributed by atoms with Crippen LogP contribution in [-0.4, -0.2) is 43.4 Å². The molecule has 2 aromatic rings. The summed E-state index contributed by atoms with van der Waals surface area (Å²) >= 11 is 6.11. The Morgan fingerprint density at radius 2 is 1.84 bits per heavy atom. The molecule has 2 aromatic carbocycles. The lowest BCUT2D eigenvalue weighted by atomic mass is 10.1. The van der Waals surface area contributed by atoms with Crippen LogP contribution in [-0.2, 0) is 16.4 Å². The van der Waals surface area contributed by atoms with Crippen molar-refractivity contribution in [2.75, 3.05) is 18.1 Å². The van der Waals surface area contributed by atoms with E-state index in [0.29, 0.717) is 30.2 Å². The first-order chi connectivity index (χ1) is 15.4. The second kappa shape index (κ2) is 11.7. The summed E-state index contributed by atoms with van der Waals surface area (Å²) in [5.74, 6) is 0.667. The maximum Gasteiger partial charge on any atom is 0.254 e. The van der Waals surface area contributed by atoms with Gasteiger partial charge in [0.1, 0.15) is 5.75 Å². The van der Waals surface area contributed by atoms with Gasteiger partial charge in [-0.1, -0.05) is 56.3 Å². The van der Waals surface area contributed by atoms with Crippen LogP contribution in [0.15, 0.2) is 48.5 Å². The molecule has 1 atom stereocenters. The summed E-state index contributed by atoms with van der Waals surface area (Å²) in [6.07, 6.45) is 6.33. The quantitative estimate of drug-likeness (QED) is 0.400. The number of hydrogen-bond acceptors (Lipinski definition) is 4. The van der Waals surface area contributed by atoms with Crippen molar-refractivity contribution in [3.05, 3.63) is 64.7 Å². The molecule has 0 aromatic heterocycles. The maximum atomic E-state index is 13.4. The number of rotatable bonds is 11. The van der Waals surface area contributed by atoms with Crippen LogP contribution in [0, 0.1) is 0 Å². The van der Waals surface area contributed by atoms with E-state index in [9.17, 15) is 13.2 Å². The molecule has 5 nitrogen and oxygen atoms in total. The number of benzene rings is 2. The van der Waals surface area contributed by atoms with E-state index >= 15 is 0 Å². The molecule has 0 aliphatic carbocycles. The van der Waals surface area contributed by atoms with Gasteiger partial charge in [0.05, 0.1) is 18.1 Å². The highest BCUT2D eigenvalue weighted by molar-refractivity contribution is 7.91. The monoisotopic (exact) mass is 477 g/mol. The van der Waals surface area contributed by atoms with Gasteiger partial charge in [-0.2, -0.15) is 0 Å². The number of carbonyl (C=O) groups is 1. The average Bonchev–Trinajstić information content (AvgIpc) is 3.14. The number of ether oxygens (including phenoxy) is 1. The number of unbranched alkanes of at least 4 members (excludes halogenated alkanes) is 4. The van der Waals surface area contributed by atoms with Gasteiger partial charge in [-0.05, 0) is 54.8 Å².